The topological polar surface area (TPSA) is 132 Å². The van der Waals surface area contributed by atoms with E-state index in [2.05, 4.69) is 5.92 Å². The molecule has 9 heteroatoms. The number of para-hydroxylation sites is 1. The first-order valence-corrected chi connectivity index (χ1v) is 9.87. The van der Waals surface area contributed by atoms with Crippen molar-refractivity contribution in [2.75, 3.05) is 19.8 Å². The summed E-state index contributed by atoms with van der Waals surface area (Å²) in [5.41, 5.74) is 3.79. The zero-order chi connectivity index (χ0) is 23.5. The lowest BCUT2D eigenvalue weighted by molar-refractivity contribution is -0.142. The highest BCUT2D eigenvalue weighted by Gasteiger charge is 2.62. The Hall–Kier alpha value is -4.24. The predicted molar refractivity (Wildman–Crippen MR) is 111 cm³/mol. The maximum Gasteiger partial charge on any atom is 0.337 e. The molecule has 1 atom stereocenters. The Labute approximate surface area is 185 Å². The van der Waals surface area contributed by atoms with Crippen LogP contribution in [0.25, 0.3) is 0 Å². The molecule has 0 bridgehead atoms. The van der Waals surface area contributed by atoms with Crippen LogP contribution in [0.1, 0.15) is 25.8 Å². The van der Waals surface area contributed by atoms with Gasteiger partial charge in [0.1, 0.15) is 17.4 Å². The average molecular weight is 435 g/mol. The maximum absolute atomic E-state index is 14.0. The van der Waals surface area contributed by atoms with E-state index in [0.717, 1.165) is 4.90 Å². The van der Waals surface area contributed by atoms with Crippen LogP contribution in [-0.2, 0) is 29.3 Å². The first-order valence-electron chi connectivity index (χ1n) is 9.87. The fourth-order valence-corrected chi connectivity index (χ4v) is 4.02. The summed E-state index contributed by atoms with van der Waals surface area (Å²) in [6.45, 7) is 3.07. The van der Waals surface area contributed by atoms with Gasteiger partial charge in [-0.05, 0) is 19.9 Å². The molecule has 32 heavy (non-hydrogen) atoms. The normalized spacial score (nSPS) is 19.2. The minimum atomic E-state index is -1.97. The van der Waals surface area contributed by atoms with Crippen LogP contribution >= 0.6 is 0 Å². The van der Waals surface area contributed by atoms with Gasteiger partial charge >= 0.3 is 11.9 Å². The Morgan fingerprint density at radius 1 is 1.25 bits per heavy atom. The fraction of sp³-hybridized carbons (Fsp3) is 0.304. The second-order valence-corrected chi connectivity index (χ2v) is 6.82. The predicted octanol–water partition coefficient (Wildman–Crippen LogP) is 1.26. The van der Waals surface area contributed by atoms with E-state index in [1.807, 2.05) is 6.07 Å². The molecule has 3 rings (SSSR count). The Kier molecular flexibility index (Phi) is 6.22. The number of ether oxygens (including phenoxy) is 3. The lowest BCUT2D eigenvalue weighted by Crippen LogP contribution is -2.47. The molecular formula is C23H21N3O6. The highest BCUT2D eigenvalue weighted by atomic mass is 16.5. The van der Waals surface area contributed by atoms with Crippen molar-refractivity contribution in [3.8, 4) is 24.2 Å². The number of nitrogens with two attached hydrogens (primary N) is 1. The quantitative estimate of drug-likeness (QED) is 0.522. The number of carbonyl (C=O) groups excluding carboxylic acids is 3. The minimum absolute atomic E-state index is 0.00195. The molecule has 2 heterocycles. The third kappa shape index (κ3) is 3.25. The molecule has 2 aliphatic heterocycles. The van der Waals surface area contributed by atoms with E-state index in [0.29, 0.717) is 0 Å². The first-order chi connectivity index (χ1) is 15.4. The summed E-state index contributed by atoms with van der Waals surface area (Å²) in [5, 5.41) is 9.98. The standard InChI is InChI=1S/C23H21N3O6/c1-4-11-26-16(12-18(27)30-5-2)19(21(28)31-6-3)23(22(26)29)14-9-7-8-10-17(14)32-20(25)15(23)13-24/h1,7-10H,5-6,11-12,25H2,2-3H3/t23-/m1/s1. The van der Waals surface area contributed by atoms with Gasteiger partial charge in [-0.2, -0.15) is 5.26 Å². The Morgan fingerprint density at radius 2 is 1.94 bits per heavy atom. The second kappa shape index (κ2) is 8.86. The van der Waals surface area contributed by atoms with Crippen molar-refractivity contribution in [3.63, 3.8) is 0 Å². The van der Waals surface area contributed by atoms with Gasteiger partial charge in [-0.1, -0.05) is 24.1 Å². The van der Waals surface area contributed by atoms with Gasteiger partial charge in [0, 0.05) is 11.3 Å². The second-order valence-electron chi connectivity index (χ2n) is 6.82. The van der Waals surface area contributed by atoms with Crippen LogP contribution in [0, 0.1) is 23.7 Å². The van der Waals surface area contributed by atoms with E-state index in [-0.39, 0.29) is 53.8 Å². The van der Waals surface area contributed by atoms with E-state index in [1.165, 1.54) is 0 Å². The number of rotatable bonds is 6. The summed E-state index contributed by atoms with van der Waals surface area (Å²) in [7, 11) is 0. The molecule has 2 aliphatic rings. The van der Waals surface area contributed by atoms with Crippen molar-refractivity contribution in [1.29, 1.82) is 5.26 Å². The molecule has 1 aromatic rings. The van der Waals surface area contributed by atoms with Gasteiger partial charge in [0.05, 0.1) is 31.8 Å². The van der Waals surface area contributed by atoms with Crippen molar-refractivity contribution in [2.45, 2.75) is 25.7 Å². The van der Waals surface area contributed by atoms with Crippen LogP contribution in [-0.4, -0.2) is 42.5 Å². The van der Waals surface area contributed by atoms with Gasteiger partial charge in [0.25, 0.3) is 0 Å². The number of hydrogen-bond acceptors (Lipinski definition) is 8. The van der Waals surface area contributed by atoms with Gasteiger partial charge in [-0.3, -0.25) is 9.59 Å². The number of carbonyl (C=O) groups is 3. The zero-order valence-electron chi connectivity index (χ0n) is 17.6. The number of benzene rings is 1. The molecule has 0 aromatic heterocycles. The summed E-state index contributed by atoms with van der Waals surface area (Å²) in [5.74, 6) is -0.0329. The van der Waals surface area contributed by atoms with Gasteiger partial charge in [-0.15, -0.1) is 6.42 Å². The summed E-state index contributed by atoms with van der Waals surface area (Å²) < 4.78 is 15.8. The fourth-order valence-electron chi connectivity index (χ4n) is 4.02. The molecule has 2 N–H and O–H groups in total. The number of esters is 2. The number of fused-ring (bicyclic) bond motifs is 2. The molecule has 0 aliphatic carbocycles. The smallest absolute Gasteiger partial charge is 0.337 e. The molecule has 9 nitrogen and oxygen atoms in total. The molecule has 0 radical (unpaired) electrons. The van der Waals surface area contributed by atoms with Crippen molar-refractivity contribution in [2.24, 2.45) is 5.73 Å². The van der Waals surface area contributed by atoms with Gasteiger partial charge < -0.3 is 24.8 Å². The SMILES string of the molecule is C#CCN1C(=O)[C@]2(C(C#N)=C(N)Oc3ccccc32)C(C(=O)OCC)=C1CC(=O)OCC. The number of amides is 1. The van der Waals surface area contributed by atoms with E-state index in [9.17, 15) is 19.6 Å². The number of nitriles is 1. The Bertz CT molecular complexity index is 1140. The summed E-state index contributed by atoms with van der Waals surface area (Å²) in [6.07, 6.45) is 5.05. The van der Waals surface area contributed by atoms with Crippen molar-refractivity contribution in [3.05, 3.63) is 52.6 Å². The van der Waals surface area contributed by atoms with Crippen molar-refractivity contribution < 1.29 is 28.6 Å². The summed E-state index contributed by atoms with van der Waals surface area (Å²) in [6, 6.07) is 8.32. The highest BCUT2D eigenvalue weighted by Crippen LogP contribution is 2.54. The largest absolute Gasteiger partial charge is 0.466 e. The monoisotopic (exact) mass is 435 g/mol. The molecule has 0 fully saturated rings. The Morgan fingerprint density at radius 3 is 2.56 bits per heavy atom. The lowest BCUT2D eigenvalue weighted by Gasteiger charge is -2.35. The zero-order valence-corrected chi connectivity index (χ0v) is 17.6. The third-order valence-corrected chi connectivity index (χ3v) is 5.15. The van der Waals surface area contributed by atoms with Crippen LogP contribution < -0.4 is 10.5 Å². The van der Waals surface area contributed by atoms with E-state index in [4.69, 9.17) is 26.4 Å². The van der Waals surface area contributed by atoms with Crippen LogP contribution in [0.4, 0.5) is 0 Å². The molecule has 1 amide bonds. The van der Waals surface area contributed by atoms with Gasteiger partial charge in [-0.25, -0.2) is 4.79 Å². The number of terminal acetylenes is 1. The van der Waals surface area contributed by atoms with E-state index < -0.39 is 29.7 Å². The molecule has 0 saturated carbocycles. The number of nitrogens with zero attached hydrogens (tertiary/aromatic N) is 2. The molecule has 164 valence electrons. The van der Waals surface area contributed by atoms with Crippen molar-refractivity contribution >= 4 is 17.8 Å². The first kappa shape index (κ1) is 22.4. The summed E-state index contributed by atoms with van der Waals surface area (Å²) in [4.78, 5) is 40.7. The minimum Gasteiger partial charge on any atom is -0.466 e. The van der Waals surface area contributed by atoms with Crippen LogP contribution in [0.5, 0.6) is 5.75 Å². The van der Waals surface area contributed by atoms with Crippen molar-refractivity contribution in [1.82, 2.24) is 4.90 Å². The maximum atomic E-state index is 14.0. The van der Waals surface area contributed by atoms with E-state index in [1.54, 1.807) is 38.1 Å². The molecule has 0 saturated heterocycles. The van der Waals surface area contributed by atoms with Gasteiger partial charge in [0.2, 0.25) is 11.8 Å². The average Bonchev–Trinajstić information content (AvgIpc) is 2.98. The van der Waals surface area contributed by atoms with E-state index >= 15 is 0 Å². The van der Waals surface area contributed by atoms with Crippen LogP contribution in [0.15, 0.2) is 47.0 Å². The van der Waals surface area contributed by atoms with Gasteiger partial charge in [0.15, 0.2) is 5.41 Å². The Balaban J connectivity index is 2.44. The lowest BCUT2D eigenvalue weighted by atomic mass is 9.68. The molecule has 1 aromatic carbocycles. The highest BCUT2D eigenvalue weighted by molar-refractivity contribution is 6.13. The molecule has 0 unspecified atom stereocenters. The third-order valence-electron chi connectivity index (χ3n) is 5.15. The van der Waals surface area contributed by atoms with Crippen LogP contribution in [0.2, 0.25) is 0 Å². The molecular weight excluding hydrogens is 414 g/mol. The molecule has 1 spiro atoms. The number of hydrogen-bond donors (Lipinski definition) is 1. The van der Waals surface area contributed by atoms with Crippen LogP contribution in [0.3, 0.4) is 0 Å². The summed E-state index contributed by atoms with van der Waals surface area (Å²) >= 11 is 0.